The summed E-state index contributed by atoms with van der Waals surface area (Å²) in [5.41, 5.74) is 0.425. The highest BCUT2D eigenvalue weighted by Gasteiger charge is 2.21. The van der Waals surface area contributed by atoms with Gasteiger partial charge in [0.15, 0.2) is 11.7 Å². The first-order chi connectivity index (χ1) is 15.7. The SMILES string of the molecule is O=C(COc1ccc([N+](=O)[O-])cc1)NC(=S)Nc1ccc(S(=O)(=O)NC2CCCCC2)cc1. The summed E-state index contributed by atoms with van der Waals surface area (Å²) in [4.78, 5) is 22.3. The summed E-state index contributed by atoms with van der Waals surface area (Å²) in [5, 5.41) is 15.9. The molecule has 12 heteroatoms. The quantitative estimate of drug-likeness (QED) is 0.290. The standard InChI is InChI=1S/C21H24N4O6S2/c26-20(14-31-18-10-8-17(9-11-18)25(27)28)23-21(32)22-15-6-12-19(13-7-15)33(29,30)24-16-4-2-1-3-5-16/h6-13,16,24H,1-5,14H2,(H2,22,23,26,32). The third-order valence-electron chi connectivity index (χ3n) is 5.02. The lowest BCUT2D eigenvalue weighted by Gasteiger charge is -2.22. The van der Waals surface area contributed by atoms with E-state index in [1.165, 1.54) is 36.4 Å². The summed E-state index contributed by atoms with van der Waals surface area (Å²) in [6.07, 6.45) is 4.88. The van der Waals surface area contributed by atoms with Crippen molar-refractivity contribution < 1.29 is 22.9 Å². The van der Waals surface area contributed by atoms with Crippen molar-refractivity contribution in [2.75, 3.05) is 11.9 Å². The maximum atomic E-state index is 12.6. The first-order valence-electron chi connectivity index (χ1n) is 10.3. The molecule has 0 aromatic heterocycles. The smallest absolute Gasteiger partial charge is 0.269 e. The fraction of sp³-hybridized carbons (Fsp3) is 0.333. The molecule has 1 fully saturated rings. The molecular weight excluding hydrogens is 468 g/mol. The highest BCUT2D eigenvalue weighted by molar-refractivity contribution is 7.89. The number of hydrogen-bond donors (Lipinski definition) is 3. The number of hydrogen-bond acceptors (Lipinski definition) is 7. The van der Waals surface area contributed by atoms with Crippen molar-refractivity contribution in [2.45, 2.75) is 43.0 Å². The van der Waals surface area contributed by atoms with Gasteiger partial charge in [-0.1, -0.05) is 19.3 Å². The molecule has 1 aliphatic carbocycles. The molecule has 1 amide bonds. The Morgan fingerprint density at radius 3 is 2.30 bits per heavy atom. The van der Waals surface area contributed by atoms with Crippen LogP contribution in [-0.4, -0.2) is 37.0 Å². The van der Waals surface area contributed by atoms with Crippen molar-refractivity contribution in [1.82, 2.24) is 10.0 Å². The van der Waals surface area contributed by atoms with Crippen LogP contribution in [-0.2, 0) is 14.8 Å². The second kappa shape index (κ2) is 11.2. The summed E-state index contributed by atoms with van der Waals surface area (Å²) in [5.74, 6) is -0.227. The molecule has 1 aliphatic rings. The van der Waals surface area contributed by atoms with Gasteiger partial charge >= 0.3 is 0 Å². The molecule has 0 unspecified atom stereocenters. The highest BCUT2D eigenvalue weighted by atomic mass is 32.2. The number of benzene rings is 2. The zero-order valence-electron chi connectivity index (χ0n) is 17.7. The van der Waals surface area contributed by atoms with Gasteiger partial charge in [0.2, 0.25) is 10.0 Å². The number of nitro groups is 1. The lowest BCUT2D eigenvalue weighted by molar-refractivity contribution is -0.384. The van der Waals surface area contributed by atoms with Gasteiger partial charge < -0.3 is 10.1 Å². The Morgan fingerprint density at radius 1 is 1.06 bits per heavy atom. The molecule has 33 heavy (non-hydrogen) atoms. The topological polar surface area (TPSA) is 140 Å². The fourth-order valence-electron chi connectivity index (χ4n) is 3.36. The number of carbonyl (C=O) groups is 1. The molecule has 0 atom stereocenters. The van der Waals surface area contributed by atoms with Gasteiger partial charge in [0.05, 0.1) is 9.82 Å². The lowest BCUT2D eigenvalue weighted by atomic mass is 9.96. The minimum Gasteiger partial charge on any atom is -0.484 e. The number of nitrogens with zero attached hydrogens (tertiary/aromatic N) is 1. The molecule has 0 heterocycles. The third-order valence-corrected chi connectivity index (χ3v) is 6.76. The number of thiocarbonyl (C=S) groups is 1. The van der Waals surface area contributed by atoms with Crippen LogP contribution < -0.4 is 20.1 Å². The maximum absolute atomic E-state index is 12.6. The molecule has 0 radical (unpaired) electrons. The largest absolute Gasteiger partial charge is 0.484 e. The van der Waals surface area contributed by atoms with E-state index in [9.17, 15) is 23.3 Å². The van der Waals surface area contributed by atoms with E-state index in [2.05, 4.69) is 15.4 Å². The van der Waals surface area contributed by atoms with E-state index in [4.69, 9.17) is 17.0 Å². The summed E-state index contributed by atoms with van der Waals surface area (Å²) in [7, 11) is -3.60. The van der Waals surface area contributed by atoms with Crippen LogP contribution >= 0.6 is 12.2 Å². The number of ether oxygens (including phenoxy) is 1. The van der Waals surface area contributed by atoms with Gasteiger partial charge in [-0.15, -0.1) is 0 Å². The van der Waals surface area contributed by atoms with E-state index in [1.54, 1.807) is 12.1 Å². The average Bonchev–Trinajstić information content (AvgIpc) is 2.78. The molecule has 2 aromatic rings. The highest BCUT2D eigenvalue weighted by Crippen LogP contribution is 2.21. The van der Waals surface area contributed by atoms with Crippen molar-refractivity contribution >= 4 is 44.6 Å². The molecule has 0 bridgehead atoms. The van der Waals surface area contributed by atoms with Gasteiger partial charge in [0, 0.05) is 23.9 Å². The van der Waals surface area contributed by atoms with Crippen molar-refractivity contribution in [3.05, 3.63) is 58.6 Å². The number of non-ortho nitro benzene ring substituents is 1. The zero-order chi connectivity index (χ0) is 23.8. The molecule has 0 spiro atoms. The van der Waals surface area contributed by atoms with E-state index in [0.29, 0.717) is 11.4 Å². The summed E-state index contributed by atoms with van der Waals surface area (Å²) in [6.45, 7) is -0.344. The van der Waals surface area contributed by atoms with Crippen molar-refractivity contribution in [3.8, 4) is 5.75 Å². The van der Waals surface area contributed by atoms with Crippen LogP contribution in [0.4, 0.5) is 11.4 Å². The Balaban J connectivity index is 1.46. The Labute approximate surface area is 196 Å². The molecule has 3 N–H and O–H groups in total. The third kappa shape index (κ3) is 7.48. The van der Waals surface area contributed by atoms with Gasteiger partial charge in [-0.05, 0) is 61.5 Å². The number of amides is 1. The second-order valence-corrected chi connectivity index (χ2v) is 9.64. The summed E-state index contributed by atoms with van der Waals surface area (Å²) < 4.78 is 33.1. The van der Waals surface area contributed by atoms with E-state index < -0.39 is 20.9 Å². The maximum Gasteiger partial charge on any atom is 0.269 e. The molecule has 10 nitrogen and oxygen atoms in total. The molecular formula is C21H24N4O6S2. The Bertz CT molecular complexity index is 1100. The fourth-order valence-corrected chi connectivity index (χ4v) is 4.90. The van der Waals surface area contributed by atoms with Crippen molar-refractivity contribution in [2.24, 2.45) is 0 Å². The van der Waals surface area contributed by atoms with Gasteiger partial charge in [0.1, 0.15) is 5.75 Å². The Hall–Kier alpha value is -3.09. The first-order valence-corrected chi connectivity index (χ1v) is 12.2. The first kappa shape index (κ1) is 24.6. The van der Waals surface area contributed by atoms with Crippen LogP contribution in [0.15, 0.2) is 53.4 Å². The summed E-state index contributed by atoms with van der Waals surface area (Å²) >= 11 is 5.10. The number of rotatable bonds is 8. The molecule has 2 aromatic carbocycles. The van der Waals surface area contributed by atoms with E-state index in [1.807, 2.05) is 0 Å². The Morgan fingerprint density at radius 2 is 1.70 bits per heavy atom. The second-order valence-electron chi connectivity index (χ2n) is 7.52. The van der Waals surface area contributed by atoms with Crippen molar-refractivity contribution in [3.63, 3.8) is 0 Å². The van der Waals surface area contributed by atoms with E-state index in [-0.39, 0.29) is 28.3 Å². The van der Waals surface area contributed by atoms with Gasteiger partial charge in [0.25, 0.3) is 11.6 Å². The van der Waals surface area contributed by atoms with E-state index in [0.717, 1.165) is 32.1 Å². The normalized spacial score (nSPS) is 14.3. The molecule has 176 valence electrons. The van der Waals surface area contributed by atoms with Gasteiger partial charge in [-0.3, -0.25) is 20.2 Å². The van der Waals surface area contributed by atoms with Crippen LogP contribution in [0.5, 0.6) is 5.75 Å². The van der Waals surface area contributed by atoms with Crippen LogP contribution in [0.3, 0.4) is 0 Å². The minimum absolute atomic E-state index is 0.0169. The average molecular weight is 493 g/mol. The van der Waals surface area contributed by atoms with Crippen LogP contribution in [0.2, 0.25) is 0 Å². The predicted octanol–water partition coefficient (Wildman–Crippen LogP) is 3.10. The van der Waals surface area contributed by atoms with Gasteiger partial charge in [-0.2, -0.15) is 0 Å². The van der Waals surface area contributed by atoms with Crippen LogP contribution in [0, 0.1) is 10.1 Å². The van der Waals surface area contributed by atoms with Crippen LogP contribution in [0.25, 0.3) is 0 Å². The van der Waals surface area contributed by atoms with Crippen LogP contribution in [0.1, 0.15) is 32.1 Å². The Kier molecular flexibility index (Phi) is 8.31. The summed E-state index contributed by atoms with van der Waals surface area (Å²) in [6, 6.07) is 11.3. The number of sulfonamides is 1. The molecule has 1 saturated carbocycles. The van der Waals surface area contributed by atoms with Gasteiger partial charge in [-0.25, -0.2) is 13.1 Å². The molecule has 0 aliphatic heterocycles. The predicted molar refractivity (Wildman–Crippen MR) is 127 cm³/mol. The number of nitrogens with one attached hydrogen (secondary N) is 3. The molecule has 0 saturated heterocycles. The van der Waals surface area contributed by atoms with Crippen molar-refractivity contribution in [1.29, 1.82) is 0 Å². The zero-order valence-corrected chi connectivity index (χ0v) is 19.3. The number of carbonyl (C=O) groups excluding carboxylic acids is 1. The van der Waals surface area contributed by atoms with E-state index >= 15 is 0 Å². The minimum atomic E-state index is -3.60. The molecule has 3 rings (SSSR count). The number of nitro benzene ring substituents is 1. The monoisotopic (exact) mass is 492 g/mol. The number of anilines is 1. The lowest BCUT2D eigenvalue weighted by Crippen LogP contribution is -2.37.